The first-order chi connectivity index (χ1) is 15.4. The first kappa shape index (κ1) is 22.2. The third kappa shape index (κ3) is 6.81. The van der Waals surface area contributed by atoms with Gasteiger partial charge in [0.2, 0.25) is 5.91 Å². The van der Waals surface area contributed by atoms with Crippen LogP contribution in [0.1, 0.15) is 16.7 Å². The Hall–Kier alpha value is -4.46. The van der Waals surface area contributed by atoms with Crippen molar-refractivity contribution in [2.45, 2.75) is 13.5 Å². The number of carbonyl (C=O) groups excluding carboxylic acids is 2. The number of rotatable bonds is 7. The molecular formula is C24H22N4O4. The maximum atomic E-state index is 12.2. The summed E-state index contributed by atoms with van der Waals surface area (Å²) in [5.41, 5.74) is 3.65. The van der Waals surface area contributed by atoms with Crippen LogP contribution in [-0.4, -0.2) is 16.9 Å². The minimum Gasteiger partial charge on any atom is -0.348 e. The predicted molar refractivity (Wildman–Crippen MR) is 124 cm³/mol. The summed E-state index contributed by atoms with van der Waals surface area (Å²) in [6.45, 7) is 2.20. The van der Waals surface area contributed by atoms with Gasteiger partial charge < -0.3 is 16.0 Å². The van der Waals surface area contributed by atoms with Gasteiger partial charge in [0.1, 0.15) is 0 Å². The third-order valence-electron chi connectivity index (χ3n) is 4.44. The van der Waals surface area contributed by atoms with Crippen LogP contribution in [0.4, 0.5) is 21.9 Å². The fourth-order valence-electron chi connectivity index (χ4n) is 2.94. The molecule has 0 fully saturated rings. The maximum Gasteiger partial charge on any atom is 0.323 e. The summed E-state index contributed by atoms with van der Waals surface area (Å²) < 4.78 is 0. The van der Waals surface area contributed by atoms with E-state index in [0.29, 0.717) is 16.9 Å². The molecule has 0 heterocycles. The number of aryl methyl sites for hydroxylation is 1. The Labute approximate surface area is 185 Å². The Balaban J connectivity index is 1.53. The number of carbonyl (C=O) groups is 2. The number of hydrogen-bond acceptors (Lipinski definition) is 4. The highest BCUT2D eigenvalue weighted by molar-refractivity contribution is 5.99. The molecule has 0 saturated heterocycles. The minimum atomic E-state index is -0.487. The number of amides is 3. The average molecular weight is 430 g/mol. The normalized spacial score (nSPS) is 10.5. The van der Waals surface area contributed by atoms with Crippen LogP contribution in [0.25, 0.3) is 6.08 Å². The molecule has 0 radical (unpaired) electrons. The molecule has 0 aliphatic heterocycles. The summed E-state index contributed by atoms with van der Waals surface area (Å²) in [5, 5.41) is 19.1. The number of urea groups is 1. The molecule has 0 aromatic heterocycles. The Morgan fingerprint density at radius 2 is 1.62 bits per heavy atom. The largest absolute Gasteiger partial charge is 0.348 e. The van der Waals surface area contributed by atoms with E-state index in [4.69, 9.17) is 0 Å². The Kier molecular flexibility index (Phi) is 7.32. The number of benzene rings is 3. The zero-order valence-corrected chi connectivity index (χ0v) is 17.4. The molecule has 8 nitrogen and oxygen atoms in total. The van der Waals surface area contributed by atoms with Crippen LogP contribution in [-0.2, 0) is 11.3 Å². The number of non-ortho nitro benzene ring substituents is 1. The lowest BCUT2D eigenvalue weighted by atomic mass is 10.2. The van der Waals surface area contributed by atoms with Gasteiger partial charge in [0.25, 0.3) is 5.69 Å². The smallest absolute Gasteiger partial charge is 0.323 e. The summed E-state index contributed by atoms with van der Waals surface area (Å²) in [4.78, 5) is 34.6. The molecule has 0 bridgehead atoms. The highest BCUT2D eigenvalue weighted by atomic mass is 16.6. The van der Waals surface area contributed by atoms with Gasteiger partial charge in [0.05, 0.1) is 4.92 Å². The van der Waals surface area contributed by atoms with E-state index in [2.05, 4.69) is 16.0 Å². The highest BCUT2D eigenvalue weighted by Crippen LogP contribution is 2.15. The standard InChI is InChI=1S/C24H22N4O4/c1-17-5-2-8-20(13-17)26-24(30)27-21-9-3-7-19(14-21)16-25-23(29)12-11-18-6-4-10-22(15-18)28(31)32/h2-15H,16H2,1H3,(H,25,29)(H2,26,27,30)/b12-11+. The van der Waals surface area contributed by atoms with Crippen molar-refractivity contribution in [3.05, 3.63) is 106 Å². The van der Waals surface area contributed by atoms with Crippen LogP contribution >= 0.6 is 0 Å². The van der Waals surface area contributed by atoms with Gasteiger partial charge in [-0.05, 0) is 54.0 Å². The Morgan fingerprint density at radius 3 is 2.34 bits per heavy atom. The first-order valence-corrected chi connectivity index (χ1v) is 9.83. The summed E-state index contributed by atoms with van der Waals surface area (Å²) >= 11 is 0. The summed E-state index contributed by atoms with van der Waals surface area (Å²) in [6.07, 6.45) is 2.83. The molecule has 0 spiro atoms. The van der Waals surface area contributed by atoms with Gasteiger partial charge in [0.15, 0.2) is 0 Å². The van der Waals surface area contributed by atoms with Crippen LogP contribution in [0.5, 0.6) is 0 Å². The molecule has 0 aliphatic carbocycles. The topological polar surface area (TPSA) is 113 Å². The van der Waals surface area contributed by atoms with E-state index < -0.39 is 4.92 Å². The van der Waals surface area contributed by atoms with Crippen molar-refractivity contribution >= 4 is 35.1 Å². The summed E-state index contributed by atoms with van der Waals surface area (Å²) in [7, 11) is 0. The molecule has 8 heteroatoms. The van der Waals surface area contributed by atoms with E-state index in [1.165, 1.54) is 24.3 Å². The molecule has 3 N–H and O–H groups in total. The summed E-state index contributed by atoms with van der Waals surface area (Å²) in [6, 6.07) is 20.3. The number of nitro groups is 1. The number of nitrogens with zero attached hydrogens (tertiary/aromatic N) is 1. The Bertz CT molecular complexity index is 1170. The molecule has 0 unspecified atom stereocenters. The first-order valence-electron chi connectivity index (χ1n) is 9.83. The van der Waals surface area contributed by atoms with Crippen LogP contribution in [0.3, 0.4) is 0 Å². The quantitative estimate of drug-likeness (QED) is 0.282. The van der Waals surface area contributed by atoms with Gasteiger partial charge in [-0.15, -0.1) is 0 Å². The van der Waals surface area contributed by atoms with Gasteiger partial charge in [-0.1, -0.05) is 36.4 Å². The molecule has 0 saturated carbocycles. The van der Waals surface area contributed by atoms with Crippen molar-refractivity contribution < 1.29 is 14.5 Å². The van der Waals surface area contributed by atoms with Crippen molar-refractivity contribution in [2.75, 3.05) is 10.6 Å². The average Bonchev–Trinajstić information content (AvgIpc) is 2.76. The molecule has 162 valence electrons. The lowest BCUT2D eigenvalue weighted by Gasteiger charge is -2.10. The van der Waals surface area contributed by atoms with Gasteiger partial charge in [-0.2, -0.15) is 0 Å². The molecule has 0 atom stereocenters. The van der Waals surface area contributed by atoms with Crippen molar-refractivity contribution in [1.29, 1.82) is 0 Å². The van der Waals surface area contributed by atoms with Gasteiger partial charge in [-0.25, -0.2) is 4.79 Å². The lowest BCUT2D eigenvalue weighted by molar-refractivity contribution is -0.384. The number of nitrogens with one attached hydrogen (secondary N) is 3. The third-order valence-corrected chi connectivity index (χ3v) is 4.44. The van der Waals surface area contributed by atoms with Crippen LogP contribution in [0.15, 0.2) is 78.9 Å². The minimum absolute atomic E-state index is 0.0386. The van der Waals surface area contributed by atoms with Crippen LogP contribution in [0, 0.1) is 17.0 Å². The predicted octanol–water partition coefficient (Wildman–Crippen LogP) is 4.88. The molecule has 3 rings (SSSR count). The zero-order valence-electron chi connectivity index (χ0n) is 17.4. The monoisotopic (exact) mass is 430 g/mol. The molecule has 3 aromatic carbocycles. The van der Waals surface area contributed by atoms with Crippen molar-refractivity contribution in [3.8, 4) is 0 Å². The van der Waals surface area contributed by atoms with E-state index in [0.717, 1.165) is 11.1 Å². The molecule has 0 aliphatic rings. The van der Waals surface area contributed by atoms with E-state index in [-0.39, 0.29) is 24.2 Å². The van der Waals surface area contributed by atoms with Crippen molar-refractivity contribution in [3.63, 3.8) is 0 Å². The fraction of sp³-hybridized carbons (Fsp3) is 0.0833. The van der Waals surface area contributed by atoms with Gasteiger partial charge in [0, 0.05) is 36.1 Å². The lowest BCUT2D eigenvalue weighted by Crippen LogP contribution is -2.21. The van der Waals surface area contributed by atoms with Crippen molar-refractivity contribution in [2.24, 2.45) is 0 Å². The Morgan fingerprint density at radius 1 is 0.938 bits per heavy atom. The number of hydrogen-bond donors (Lipinski definition) is 3. The number of anilines is 2. The molecule has 3 amide bonds. The maximum absolute atomic E-state index is 12.2. The second-order valence-corrected chi connectivity index (χ2v) is 7.05. The molecule has 32 heavy (non-hydrogen) atoms. The van der Waals surface area contributed by atoms with Gasteiger partial charge in [-0.3, -0.25) is 14.9 Å². The molecular weight excluding hydrogens is 408 g/mol. The van der Waals surface area contributed by atoms with Crippen LogP contribution < -0.4 is 16.0 Å². The second-order valence-electron chi connectivity index (χ2n) is 7.05. The highest BCUT2D eigenvalue weighted by Gasteiger charge is 2.06. The fourth-order valence-corrected chi connectivity index (χ4v) is 2.94. The molecule has 3 aromatic rings. The van der Waals surface area contributed by atoms with Crippen LogP contribution in [0.2, 0.25) is 0 Å². The van der Waals surface area contributed by atoms with Gasteiger partial charge >= 0.3 is 6.03 Å². The van der Waals surface area contributed by atoms with E-state index >= 15 is 0 Å². The second kappa shape index (κ2) is 10.5. The number of nitro benzene ring substituents is 1. The summed E-state index contributed by atoms with van der Waals surface area (Å²) in [5.74, 6) is -0.341. The van der Waals surface area contributed by atoms with E-state index in [1.807, 2.05) is 31.2 Å². The zero-order chi connectivity index (χ0) is 22.9. The SMILES string of the molecule is Cc1cccc(NC(=O)Nc2cccc(CNC(=O)/C=C/c3cccc([N+](=O)[O-])c3)c2)c1. The van der Waals surface area contributed by atoms with E-state index in [1.54, 1.807) is 36.4 Å². The van der Waals surface area contributed by atoms with Crippen molar-refractivity contribution in [1.82, 2.24) is 5.32 Å². The van der Waals surface area contributed by atoms with E-state index in [9.17, 15) is 19.7 Å².